The summed E-state index contributed by atoms with van der Waals surface area (Å²) in [5.74, 6) is 0. The Morgan fingerprint density at radius 3 is 2.54 bits per heavy atom. The van der Waals surface area contributed by atoms with Crippen molar-refractivity contribution in [1.82, 2.24) is 4.90 Å². The normalized spacial score (nSPS) is 17.0. The molecule has 0 radical (unpaired) electrons. The van der Waals surface area contributed by atoms with Crippen LogP contribution in [0.5, 0.6) is 0 Å². The fourth-order valence-electron chi connectivity index (χ4n) is 3.95. The average molecular weight is 394 g/mol. The number of anilines is 1. The molecule has 0 aliphatic carbocycles. The number of rotatable bonds is 3. The van der Waals surface area contributed by atoms with E-state index in [9.17, 15) is 13.2 Å². The Morgan fingerprint density at radius 2 is 1.71 bits per heavy atom. The predicted molar refractivity (Wildman–Crippen MR) is 111 cm³/mol. The van der Waals surface area contributed by atoms with Crippen molar-refractivity contribution in [3.05, 3.63) is 72.3 Å². The van der Waals surface area contributed by atoms with E-state index in [0.29, 0.717) is 12.2 Å². The minimum Gasteiger partial charge on any atom is -0.317 e. The molecule has 1 fully saturated rings. The van der Waals surface area contributed by atoms with Crippen LogP contribution in [0.15, 0.2) is 71.6 Å². The minimum atomic E-state index is -3.43. The van der Waals surface area contributed by atoms with Gasteiger partial charge in [0.2, 0.25) is 0 Å². The molecule has 5 nitrogen and oxygen atoms in total. The van der Waals surface area contributed by atoms with E-state index in [1.807, 2.05) is 18.2 Å². The molecule has 1 saturated heterocycles. The van der Waals surface area contributed by atoms with Gasteiger partial charge in [-0.15, -0.1) is 0 Å². The van der Waals surface area contributed by atoms with Crippen molar-refractivity contribution < 1.29 is 13.2 Å². The minimum absolute atomic E-state index is 0.0310. The molecule has 1 aliphatic heterocycles. The molecule has 3 aromatic carbocycles. The standard InChI is InChI=1S/C22H22N2O3S/c1-28(26,27)21-14-5-4-12-19(21)23-22(25)24-15-7-13-20(24)18-11-6-9-16-8-2-3-10-17(16)18/h2-6,8-12,14,20H,7,13,15H2,1H3,(H,23,25)/t20-/m0/s1. The Labute approximate surface area is 164 Å². The maximum atomic E-state index is 13.0. The number of carbonyl (C=O) groups excluding carboxylic acids is 1. The van der Waals surface area contributed by atoms with Crippen molar-refractivity contribution in [2.45, 2.75) is 23.8 Å². The van der Waals surface area contributed by atoms with Crippen LogP contribution >= 0.6 is 0 Å². The number of para-hydroxylation sites is 1. The topological polar surface area (TPSA) is 66.5 Å². The molecular weight excluding hydrogens is 372 g/mol. The maximum Gasteiger partial charge on any atom is 0.322 e. The van der Waals surface area contributed by atoms with Crippen LogP contribution in [-0.2, 0) is 9.84 Å². The largest absolute Gasteiger partial charge is 0.322 e. The van der Waals surface area contributed by atoms with Crippen LogP contribution in [0.2, 0.25) is 0 Å². The number of sulfone groups is 1. The molecule has 3 aromatic rings. The number of hydrogen-bond acceptors (Lipinski definition) is 3. The van der Waals surface area contributed by atoms with E-state index in [1.165, 1.54) is 6.07 Å². The van der Waals surface area contributed by atoms with Crippen LogP contribution in [0.25, 0.3) is 10.8 Å². The molecule has 1 aliphatic rings. The van der Waals surface area contributed by atoms with Gasteiger partial charge in [-0.05, 0) is 41.3 Å². The highest BCUT2D eigenvalue weighted by Crippen LogP contribution is 2.36. The second-order valence-electron chi connectivity index (χ2n) is 7.12. The summed E-state index contributed by atoms with van der Waals surface area (Å²) in [4.78, 5) is 15.0. The molecule has 6 heteroatoms. The zero-order valence-electron chi connectivity index (χ0n) is 15.6. The number of nitrogens with one attached hydrogen (secondary N) is 1. The molecule has 1 N–H and O–H groups in total. The summed E-state index contributed by atoms with van der Waals surface area (Å²) in [5, 5.41) is 5.11. The van der Waals surface area contributed by atoms with E-state index in [4.69, 9.17) is 0 Å². The van der Waals surface area contributed by atoms with Crippen LogP contribution < -0.4 is 5.32 Å². The second kappa shape index (κ2) is 7.28. The number of hydrogen-bond donors (Lipinski definition) is 1. The van der Waals surface area contributed by atoms with Gasteiger partial charge >= 0.3 is 6.03 Å². The Kier molecular flexibility index (Phi) is 4.81. The van der Waals surface area contributed by atoms with E-state index in [1.54, 1.807) is 23.1 Å². The first kappa shape index (κ1) is 18.5. The highest BCUT2D eigenvalue weighted by Gasteiger charge is 2.31. The number of amides is 2. The summed E-state index contributed by atoms with van der Waals surface area (Å²) in [6, 6.07) is 20.5. The van der Waals surface area contributed by atoms with Gasteiger partial charge in [0, 0.05) is 12.8 Å². The summed E-state index contributed by atoms with van der Waals surface area (Å²) in [5.41, 5.74) is 1.45. The first-order valence-corrected chi connectivity index (χ1v) is 11.2. The summed E-state index contributed by atoms with van der Waals surface area (Å²) < 4.78 is 24.0. The molecule has 0 bridgehead atoms. The smallest absolute Gasteiger partial charge is 0.317 e. The first-order valence-electron chi connectivity index (χ1n) is 9.29. The molecule has 0 unspecified atom stereocenters. The molecule has 0 spiro atoms. The van der Waals surface area contributed by atoms with Crippen LogP contribution in [-0.4, -0.2) is 32.1 Å². The number of nitrogens with zero attached hydrogens (tertiary/aromatic N) is 1. The Hall–Kier alpha value is -2.86. The third kappa shape index (κ3) is 3.47. The molecule has 0 aromatic heterocycles. The molecule has 2 amide bonds. The lowest BCUT2D eigenvalue weighted by molar-refractivity contribution is 0.207. The van der Waals surface area contributed by atoms with E-state index in [0.717, 1.165) is 35.4 Å². The fourth-order valence-corrected chi connectivity index (χ4v) is 4.80. The van der Waals surface area contributed by atoms with Gasteiger partial charge in [0.15, 0.2) is 9.84 Å². The molecule has 144 valence electrons. The number of benzene rings is 3. The molecule has 28 heavy (non-hydrogen) atoms. The Balaban J connectivity index is 1.65. The Bertz CT molecular complexity index is 1140. The number of urea groups is 1. The van der Waals surface area contributed by atoms with Gasteiger partial charge in [-0.25, -0.2) is 13.2 Å². The molecule has 4 rings (SSSR count). The van der Waals surface area contributed by atoms with E-state index in [-0.39, 0.29) is 17.0 Å². The van der Waals surface area contributed by atoms with E-state index in [2.05, 4.69) is 29.6 Å². The number of carbonyl (C=O) groups is 1. The van der Waals surface area contributed by atoms with Gasteiger partial charge in [0.05, 0.1) is 16.6 Å². The lowest BCUT2D eigenvalue weighted by Crippen LogP contribution is -2.34. The van der Waals surface area contributed by atoms with Crippen molar-refractivity contribution in [2.75, 3.05) is 18.1 Å². The third-order valence-electron chi connectivity index (χ3n) is 5.22. The summed E-state index contributed by atoms with van der Waals surface area (Å²) in [6.45, 7) is 0.640. The lowest BCUT2D eigenvalue weighted by atomic mass is 9.97. The van der Waals surface area contributed by atoms with Gasteiger partial charge in [-0.1, -0.05) is 54.6 Å². The van der Waals surface area contributed by atoms with Gasteiger partial charge in [-0.2, -0.15) is 0 Å². The number of likely N-dealkylation sites (tertiary alicyclic amines) is 1. The predicted octanol–water partition coefficient (Wildman–Crippen LogP) is 4.61. The zero-order chi connectivity index (χ0) is 19.7. The van der Waals surface area contributed by atoms with Crippen LogP contribution in [0.3, 0.4) is 0 Å². The monoisotopic (exact) mass is 394 g/mol. The van der Waals surface area contributed by atoms with Crippen molar-refractivity contribution in [1.29, 1.82) is 0 Å². The van der Waals surface area contributed by atoms with E-state index >= 15 is 0 Å². The highest BCUT2D eigenvalue weighted by atomic mass is 32.2. The average Bonchev–Trinajstić information content (AvgIpc) is 3.17. The van der Waals surface area contributed by atoms with Gasteiger partial charge < -0.3 is 10.2 Å². The zero-order valence-corrected chi connectivity index (χ0v) is 16.4. The molecule has 1 atom stereocenters. The van der Waals surface area contributed by atoms with Gasteiger partial charge in [0.1, 0.15) is 0 Å². The summed E-state index contributed by atoms with van der Waals surface area (Å²) in [7, 11) is -3.43. The Morgan fingerprint density at radius 1 is 1.00 bits per heavy atom. The van der Waals surface area contributed by atoms with Crippen molar-refractivity contribution >= 4 is 32.3 Å². The quantitative estimate of drug-likeness (QED) is 0.705. The van der Waals surface area contributed by atoms with Gasteiger partial charge in [-0.3, -0.25) is 0 Å². The second-order valence-corrected chi connectivity index (χ2v) is 9.10. The molecular formula is C22H22N2O3S. The fraction of sp³-hybridized carbons (Fsp3) is 0.227. The SMILES string of the molecule is CS(=O)(=O)c1ccccc1NC(=O)N1CCC[C@H]1c1cccc2ccccc12. The highest BCUT2D eigenvalue weighted by molar-refractivity contribution is 7.90. The molecule has 0 saturated carbocycles. The van der Waals surface area contributed by atoms with Crippen molar-refractivity contribution in [3.63, 3.8) is 0 Å². The van der Waals surface area contributed by atoms with E-state index < -0.39 is 9.84 Å². The number of fused-ring (bicyclic) bond motifs is 1. The van der Waals surface area contributed by atoms with Crippen molar-refractivity contribution in [3.8, 4) is 0 Å². The first-order chi connectivity index (χ1) is 13.4. The van der Waals surface area contributed by atoms with Crippen LogP contribution in [0.4, 0.5) is 10.5 Å². The maximum absolute atomic E-state index is 13.0. The third-order valence-corrected chi connectivity index (χ3v) is 6.38. The van der Waals surface area contributed by atoms with Crippen molar-refractivity contribution in [2.24, 2.45) is 0 Å². The summed E-state index contributed by atoms with van der Waals surface area (Å²) in [6.07, 6.45) is 2.94. The summed E-state index contributed by atoms with van der Waals surface area (Å²) >= 11 is 0. The van der Waals surface area contributed by atoms with Crippen LogP contribution in [0.1, 0.15) is 24.4 Å². The molecule has 1 heterocycles. The van der Waals surface area contributed by atoms with Crippen LogP contribution in [0, 0.1) is 0 Å². The van der Waals surface area contributed by atoms with Gasteiger partial charge in [0.25, 0.3) is 0 Å². The lowest BCUT2D eigenvalue weighted by Gasteiger charge is -2.26.